The van der Waals surface area contributed by atoms with Gasteiger partial charge in [0.05, 0.1) is 17.6 Å². The number of nitrogens with zero attached hydrogens (tertiary/aromatic N) is 3. The number of hydrogen-bond donors (Lipinski definition) is 1. The van der Waals surface area contributed by atoms with Gasteiger partial charge in [-0.05, 0) is 39.0 Å². The van der Waals surface area contributed by atoms with E-state index in [1.807, 2.05) is 25.3 Å². The number of phenolic OH excluding ortho intramolecular Hbond substituents is 1. The van der Waals surface area contributed by atoms with Crippen molar-refractivity contribution < 1.29 is 9.90 Å². The third-order valence-electron chi connectivity index (χ3n) is 3.88. The Kier molecular flexibility index (Phi) is 4.47. The minimum atomic E-state index is -0.988. The molecule has 0 radical (unpaired) electrons. The molecule has 0 saturated carbocycles. The molecule has 2 aromatic heterocycles. The average molecular weight is 378 g/mol. The summed E-state index contributed by atoms with van der Waals surface area (Å²) in [6.45, 7) is 6.07. The van der Waals surface area contributed by atoms with Gasteiger partial charge in [-0.1, -0.05) is 35.3 Å². The van der Waals surface area contributed by atoms with Crippen LogP contribution in [0.2, 0.25) is 0 Å². The van der Waals surface area contributed by atoms with Crippen molar-refractivity contribution in [2.45, 2.75) is 31.1 Å². The number of aromatic nitrogens is 3. The van der Waals surface area contributed by atoms with Crippen molar-refractivity contribution >= 4 is 40.1 Å². The molecule has 0 bridgehead atoms. The van der Waals surface area contributed by atoms with Gasteiger partial charge in [-0.25, -0.2) is 9.97 Å². The second-order valence-corrected chi connectivity index (χ2v) is 7.79. The molecule has 0 unspecified atom stereocenters. The number of para-hydroxylation sites is 1. The van der Waals surface area contributed by atoms with Crippen molar-refractivity contribution in [2.75, 3.05) is 0 Å². The molecule has 5 nitrogen and oxygen atoms in total. The Balaban J connectivity index is 2.23. The molecule has 1 N–H and O–H groups in total. The molecule has 0 aliphatic carbocycles. The summed E-state index contributed by atoms with van der Waals surface area (Å²) in [4.78, 5) is 20.8. The summed E-state index contributed by atoms with van der Waals surface area (Å²) >= 11 is 12.1. The monoisotopic (exact) mass is 377 g/mol. The van der Waals surface area contributed by atoms with Gasteiger partial charge < -0.3 is 9.67 Å². The van der Waals surface area contributed by atoms with Gasteiger partial charge in [0.15, 0.2) is 11.4 Å². The molecule has 130 valence electrons. The van der Waals surface area contributed by atoms with E-state index in [-0.39, 0.29) is 28.1 Å². The second kappa shape index (κ2) is 6.32. The van der Waals surface area contributed by atoms with Crippen LogP contribution in [0.15, 0.2) is 36.7 Å². The van der Waals surface area contributed by atoms with Crippen molar-refractivity contribution in [1.82, 2.24) is 14.5 Å². The fraction of sp³-hybridized carbons (Fsp3) is 0.278. The van der Waals surface area contributed by atoms with Gasteiger partial charge in [-0.3, -0.25) is 4.79 Å². The second-order valence-electron chi connectivity index (χ2n) is 6.70. The summed E-state index contributed by atoms with van der Waals surface area (Å²) in [6, 6.07) is 7.92. The number of pyridine rings is 1. The smallest absolute Gasteiger partial charge is 0.198 e. The molecular weight excluding hydrogens is 361 g/mol. The maximum Gasteiger partial charge on any atom is 0.198 e. The highest BCUT2D eigenvalue weighted by molar-refractivity contribution is 6.44. The Morgan fingerprint density at radius 3 is 2.48 bits per heavy atom. The zero-order valence-corrected chi connectivity index (χ0v) is 15.5. The van der Waals surface area contributed by atoms with Gasteiger partial charge in [0.1, 0.15) is 16.1 Å². The predicted octanol–water partition coefficient (Wildman–Crippen LogP) is 4.60. The van der Waals surface area contributed by atoms with Gasteiger partial charge in [-0.15, -0.1) is 0 Å². The number of phenols is 1. The maximum absolute atomic E-state index is 12.9. The fourth-order valence-corrected chi connectivity index (χ4v) is 2.94. The lowest BCUT2D eigenvalue weighted by molar-refractivity contribution is 0.103. The number of alkyl halides is 2. The van der Waals surface area contributed by atoms with Crippen LogP contribution in [0.4, 0.5) is 0 Å². The van der Waals surface area contributed by atoms with Crippen LogP contribution in [0.5, 0.6) is 5.75 Å². The summed E-state index contributed by atoms with van der Waals surface area (Å²) in [5.41, 5.74) is 1.55. The Morgan fingerprint density at radius 2 is 1.88 bits per heavy atom. The highest BCUT2D eigenvalue weighted by Crippen LogP contribution is 2.32. The molecule has 3 aromatic rings. The van der Waals surface area contributed by atoms with Crippen LogP contribution in [-0.2, 0) is 5.54 Å². The zero-order valence-electron chi connectivity index (χ0n) is 14.0. The first-order valence-electron chi connectivity index (χ1n) is 7.69. The van der Waals surface area contributed by atoms with Crippen LogP contribution < -0.4 is 0 Å². The molecule has 3 rings (SSSR count). The lowest BCUT2D eigenvalue weighted by atomic mass is 10.0. The Bertz CT molecular complexity index is 959. The minimum Gasteiger partial charge on any atom is -0.507 e. The average Bonchev–Trinajstić information content (AvgIpc) is 2.96. The van der Waals surface area contributed by atoms with Crippen molar-refractivity contribution in [1.29, 1.82) is 0 Å². The van der Waals surface area contributed by atoms with E-state index in [0.29, 0.717) is 11.2 Å². The van der Waals surface area contributed by atoms with Gasteiger partial charge in [0.2, 0.25) is 0 Å². The van der Waals surface area contributed by atoms with Gasteiger partial charge in [0, 0.05) is 11.1 Å². The van der Waals surface area contributed by atoms with Crippen molar-refractivity contribution in [3.8, 4) is 5.75 Å². The first kappa shape index (κ1) is 17.7. The van der Waals surface area contributed by atoms with Crippen molar-refractivity contribution in [3.63, 3.8) is 0 Å². The highest BCUT2D eigenvalue weighted by Gasteiger charge is 2.25. The molecule has 1 aromatic carbocycles. The number of imidazole rings is 1. The molecular formula is C18H17Cl2N3O2. The van der Waals surface area contributed by atoms with Crippen LogP contribution in [0, 0.1) is 0 Å². The third-order valence-corrected chi connectivity index (χ3v) is 4.29. The van der Waals surface area contributed by atoms with E-state index >= 15 is 0 Å². The maximum atomic E-state index is 12.9. The van der Waals surface area contributed by atoms with Crippen LogP contribution in [-0.4, -0.2) is 25.4 Å². The lowest BCUT2D eigenvalue weighted by Crippen LogP contribution is -2.21. The number of halogens is 2. The van der Waals surface area contributed by atoms with Crippen LogP contribution in [0.3, 0.4) is 0 Å². The van der Waals surface area contributed by atoms with Crippen LogP contribution >= 0.6 is 23.2 Å². The van der Waals surface area contributed by atoms with Gasteiger partial charge in [0.25, 0.3) is 0 Å². The topological polar surface area (TPSA) is 68.0 Å². The molecule has 0 aliphatic heterocycles. The Morgan fingerprint density at radius 1 is 1.20 bits per heavy atom. The molecule has 0 spiro atoms. The van der Waals surface area contributed by atoms with Crippen molar-refractivity contribution in [3.05, 3.63) is 53.5 Å². The first-order valence-corrected chi connectivity index (χ1v) is 8.56. The predicted molar refractivity (Wildman–Crippen MR) is 98.5 cm³/mol. The lowest BCUT2D eigenvalue weighted by Gasteiger charge is -2.21. The first-order chi connectivity index (χ1) is 11.7. The highest BCUT2D eigenvalue weighted by atomic mass is 35.5. The number of rotatable bonds is 3. The summed E-state index contributed by atoms with van der Waals surface area (Å²) < 4.78 is 1.90. The van der Waals surface area contributed by atoms with E-state index in [1.54, 1.807) is 24.5 Å². The van der Waals surface area contributed by atoms with E-state index in [0.717, 1.165) is 0 Å². The third kappa shape index (κ3) is 3.22. The summed E-state index contributed by atoms with van der Waals surface area (Å²) in [7, 11) is 0. The largest absolute Gasteiger partial charge is 0.507 e. The van der Waals surface area contributed by atoms with E-state index in [9.17, 15) is 9.90 Å². The van der Waals surface area contributed by atoms with Crippen LogP contribution in [0.1, 0.15) is 47.2 Å². The number of carbonyl (C=O) groups is 1. The quantitative estimate of drug-likeness (QED) is 0.534. The number of benzene rings is 1. The summed E-state index contributed by atoms with van der Waals surface area (Å²) in [6.07, 6.45) is 1.67. The minimum absolute atomic E-state index is 0.112. The molecule has 0 fully saturated rings. The van der Waals surface area contributed by atoms with E-state index in [4.69, 9.17) is 23.2 Å². The SMILES string of the molecule is CC(C)(C)n1cnc2cc(C(=O)c3ccccc3O)c(C(Cl)Cl)nc21. The number of aromatic hydroxyl groups is 1. The normalized spacial score (nSPS) is 12.1. The Labute approximate surface area is 155 Å². The Hall–Kier alpha value is -2.11. The summed E-state index contributed by atoms with van der Waals surface area (Å²) in [5, 5.41) is 9.97. The van der Waals surface area contributed by atoms with Gasteiger partial charge in [-0.2, -0.15) is 0 Å². The number of fused-ring (bicyclic) bond motifs is 1. The van der Waals surface area contributed by atoms with E-state index in [1.165, 1.54) is 12.1 Å². The van der Waals surface area contributed by atoms with Gasteiger partial charge >= 0.3 is 0 Å². The number of hydrogen-bond acceptors (Lipinski definition) is 4. The number of ketones is 1. The van der Waals surface area contributed by atoms with E-state index in [2.05, 4.69) is 9.97 Å². The molecule has 0 aliphatic rings. The molecule has 7 heteroatoms. The molecule has 2 heterocycles. The fourth-order valence-electron chi connectivity index (χ4n) is 2.60. The van der Waals surface area contributed by atoms with Crippen molar-refractivity contribution in [2.24, 2.45) is 0 Å². The molecule has 25 heavy (non-hydrogen) atoms. The molecule has 0 amide bonds. The number of carbonyl (C=O) groups excluding carboxylic acids is 1. The standard InChI is InChI=1S/C18H17Cl2N3O2/c1-18(2,3)23-9-21-12-8-11(14(16(19)20)22-17(12)23)15(25)10-6-4-5-7-13(10)24/h4-9,16,24H,1-3H3. The molecule has 0 saturated heterocycles. The van der Waals surface area contributed by atoms with E-state index < -0.39 is 10.6 Å². The summed E-state index contributed by atoms with van der Waals surface area (Å²) in [5.74, 6) is -0.515. The zero-order chi connectivity index (χ0) is 18.4. The van der Waals surface area contributed by atoms with Crippen LogP contribution in [0.25, 0.3) is 11.2 Å². The molecule has 0 atom stereocenters.